The zero-order valence-electron chi connectivity index (χ0n) is 14.8. The molecule has 0 bridgehead atoms. The van der Waals surface area contributed by atoms with Crippen molar-refractivity contribution in [3.8, 4) is 0 Å². The molecule has 0 spiro atoms. The van der Waals surface area contributed by atoms with Crippen LogP contribution in [-0.4, -0.2) is 19.0 Å². The van der Waals surface area contributed by atoms with Gasteiger partial charge in [0.25, 0.3) is 0 Å². The minimum atomic E-state index is -3.69. The van der Waals surface area contributed by atoms with Crippen LogP contribution in [0.3, 0.4) is 0 Å². The van der Waals surface area contributed by atoms with E-state index in [4.69, 9.17) is 4.42 Å². The zero-order valence-corrected chi connectivity index (χ0v) is 15.6. The van der Waals surface area contributed by atoms with E-state index in [2.05, 4.69) is 4.72 Å². The Kier molecular flexibility index (Phi) is 5.29. The molecule has 0 amide bonds. The van der Waals surface area contributed by atoms with E-state index >= 15 is 0 Å². The van der Waals surface area contributed by atoms with Crippen molar-refractivity contribution >= 4 is 21.1 Å². The molecule has 1 aromatic heterocycles. The standard InChI is InChI=1S/C19H22N2O4S/c1-3-21-17-12-11-16(13-18(17)25-19(21)22)26(23,24)20-14(2)9-10-15-7-5-4-6-8-15/h4-8,11-14,20H,3,9-10H2,1-2H3/t14-/m1/s1. The van der Waals surface area contributed by atoms with Crippen molar-refractivity contribution in [2.45, 2.75) is 44.2 Å². The second-order valence-corrected chi connectivity index (χ2v) is 8.00. The van der Waals surface area contributed by atoms with Gasteiger partial charge in [-0.2, -0.15) is 0 Å². The predicted octanol–water partition coefficient (Wildman–Crippen LogP) is 2.91. The number of benzene rings is 2. The molecular formula is C19H22N2O4S. The fourth-order valence-corrected chi connectivity index (χ4v) is 4.23. The van der Waals surface area contributed by atoms with E-state index < -0.39 is 15.8 Å². The maximum atomic E-state index is 12.6. The molecule has 0 aliphatic heterocycles. The van der Waals surface area contributed by atoms with E-state index in [0.29, 0.717) is 18.5 Å². The van der Waals surface area contributed by atoms with Crippen LogP contribution in [0.1, 0.15) is 25.8 Å². The van der Waals surface area contributed by atoms with Crippen LogP contribution in [0.2, 0.25) is 0 Å². The number of sulfonamides is 1. The van der Waals surface area contributed by atoms with Crippen LogP contribution in [0.5, 0.6) is 0 Å². The van der Waals surface area contributed by atoms with E-state index in [0.717, 1.165) is 6.42 Å². The van der Waals surface area contributed by atoms with Crippen molar-refractivity contribution < 1.29 is 12.8 Å². The summed E-state index contributed by atoms with van der Waals surface area (Å²) in [5, 5.41) is 0. The highest BCUT2D eigenvalue weighted by Crippen LogP contribution is 2.19. The van der Waals surface area contributed by atoms with Crippen LogP contribution in [0.25, 0.3) is 11.1 Å². The van der Waals surface area contributed by atoms with E-state index in [9.17, 15) is 13.2 Å². The Morgan fingerprint density at radius 3 is 2.58 bits per heavy atom. The molecule has 3 rings (SSSR count). The molecule has 0 saturated heterocycles. The second kappa shape index (κ2) is 7.47. The van der Waals surface area contributed by atoms with Gasteiger partial charge in [0.2, 0.25) is 10.0 Å². The largest absolute Gasteiger partial charge is 0.419 e. The van der Waals surface area contributed by atoms with Gasteiger partial charge in [0.1, 0.15) is 0 Å². The smallest absolute Gasteiger partial charge is 0.408 e. The van der Waals surface area contributed by atoms with Crippen molar-refractivity contribution in [1.82, 2.24) is 9.29 Å². The zero-order chi connectivity index (χ0) is 18.7. The maximum Gasteiger partial charge on any atom is 0.419 e. The highest BCUT2D eigenvalue weighted by Gasteiger charge is 2.19. The molecule has 0 radical (unpaired) electrons. The lowest BCUT2D eigenvalue weighted by molar-refractivity contribution is 0.512. The van der Waals surface area contributed by atoms with Crippen molar-refractivity contribution in [2.75, 3.05) is 0 Å². The van der Waals surface area contributed by atoms with Gasteiger partial charge in [0, 0.05) is 18.7 Å². The van der Waals surface area contributed by atoms with Gasteiger partial charge >= 0.3 is 5.76 Å². The number of nitrogens with one attached hydrogen (secondary N) is 1. The van der Waals surface area contributed by atoms with E-state index in [-0.39, 0.29) is 16.5 Å². The fourth-order valence-electron chi connectivity index (χ4n) is 2.93. The van der Waals surface area contributed by atoms with Crippen LogP contribution in [0.4, 0.5) is 0 Å². The van der Waals surface area contributed by atoms with Gasteiger partial charge in [-0.05, 0) is 44.4 Å². The monoisotopic (exact) mass is 374 g/mol. The maximum absolute atomic E-state index is 12.6. The van der Waals surface area contributed by atoms with Crippen molar-refractivity contribution in [2.24, 2.45) is 0 Å². The number of fused-ring (bicyclic) bond motifs is 1. The number of aromatic nitrogens is 1. The molecule has 1 atom stereocenters. The molecule has 3 aromatic rings. The average Bonchev–Trinajstić information content (AvgIpc) is 2.94. The first-order valence-corrected chi connectivity index (χ1v) is 10.1. The first kappa shape index (κ1) is 18.4. The first-order valence-electron chi connectivity index (χ1n) is 8.60. The molecular weight excluding hydrogens is 352 g/mol. The van der Waals surface area contributed by atoms with Gasteiger partial charge in [0.05, 0.1) is 10.4 Å². The summed E-state index contributed by atoms with van der Waals surface area (Å²) in [7, 11) is -3.69. The lowest BCUT2D eigenvalue weighted by Crippen LogP contribution is -2.32. The first-order chi connectivity index (χ1) is 12.4. The predicted molar refractivity (Wildman–Crippen MR) is 101 cm³/mol. The molecule has 1 N–H and O–H groups in total. The molecule has 0 unspecified atom stereocenters. The average molecular weight is 374 g/mol. The number of nitrogens with zero attached hydrogens (tertiary/aromatic N) is 1. The normalized spacial score (nSPS) is 13.2. The summed E-state index contributed by atoms with van der Waals surface area (Å²) < 4.78 is 34.5. The molecule has 138 valence electrons. The lowest BCUT2D eigenvalue weighted by atomic mass is 10.1. The molecule has 0 aliphatic rings. The molecule has 0 aliphatic carbocycles. The Labute approximate surface area is 152 Å². The van der Waals surface area contributed by atoms with Crippen LogP contribution >= 0.6 is 0 Å². The van der Waals surface area contributed by atoms with Gasteiger partial charge < -0.3 is 4.42 Å². The Morgan fingerprint density at radius 2 is 1.88 bits per heavy atom. The van der Waals surface area contributed by atoms with Crippen molar-refractivity contribution in [1.29, 1.82) is 0 Å². The van der Waals surface area contributed by atoms with Crippen LogP contribution < -0.4 is 10.5 Å². The summed E-state index contributed by atoms with van der Waals surface area (Å²) in [5.74, 6) is -0.485. The third kappa shape index (κ3) is 3.89. The minimum absolute atomic E-state index is 0.0913. The Bertz CT molecular complexity index is 1050. The van der Waals surface area contributed by atoms with Crippen molar-refractivity contribution in [3.63, 3.8) is 0 Å². The molecule has 7 heteroatoms. The number of hydrogen-bond donors (Lipinski definition) is 1. The summed E-state index contributed by atoms with van der Waals surface area (Å²) in [6, 6.07) is 14.2. The van der Waals surface area contributed by atoms with Crippen LogP contribution in [0.15, 0.2) is 62.6 Å². The number of oxazole rings is 1. The third-order valence-corrected chi connectivity index (χ3v) is 5.92. The van der Waals surface area contributed by atoms with Gasteiger partial charge in [-0.25, -0.2) is 17.9 Å². The lowest BCUT2D eigenvalue weighted by Gasteiger charge is -2.14. The third-order valence-electron chi connectivity index (χ3n) is 4.33. The summed E-state index contributed by atoms with van der Waals surface area (Å²) >= 11 is 0. The summed E-state index contributed by atoms with van der Waals surface area (Å²) in [6.07, 6.45) is 1.48. The molecule has 0 saturated carbocycles. The minimum Gasteiger partial charge on any atom is -0.408 e. The number of hydrogen-bond acceptors (Lipinski definition) is 4. The quantitative estimate of drug-likeness (QED) is 0.689. The molecule has 2 aromatic carbocycles. The van der Waals surface area contributed by atoms with Crippen LogP contribution in [0, 0.1) is 0 Å². The Morgan fingerprint density at radius 1 is 1.15 bits per heavy atom. The molecule has 0 fully saturated rings. The number of rotatable bonds is 7. The molecule has 1 heterocycles. The fraction of sp³-hybridized carbons (Fsp3) is 0.316. The SMILES string of the molecule is CCn1c(=O)oc2cc(S(=O)(=O)N[C@H](C)CCc3ccccc3)ccc21. The van der Waals surface area contributed by atoms with Gasteiger partial charge in [0.15, 0.2) is 5.58 Å². The topological polar surface area (TPSA) is 81.3 Å². The van der Waals surface area contributed by atoms with Crippen molar-refractivity contribution in [3.05, 3.63) is 64.6 Å². The summed E-state index contributed by atoms with van der Waals surface area (Å²) in [4.78, 5) is 11.9. The van der Waals surface area contributed by atoms with Gasteiger partial charge in [-0.3, -0.25) is 4.57 Å². The molecule has 26 heavy (non-hydrogen) atoms. The Balaban J connectivity index is 1.75. The van der Waals surface area contributed by atoms with Crippen LogP contribution in [-0.2, 0) is 23.0 Å². The second-order valence-electron chi connectivity index (χ2n) is 6.29. The van der Waals surface area contributed by atoms with E-state index in [1.54, 1.807) is 6.07 Å². The highest BCUT2D eigenvalue weighted by molar-refractivity contribution is 7.89. The summed E-state index contributed by atoms with van der Waals surface area (Å²) in [5.41, 5.74) is 2.04. The molecule has 6 nitrogen and oxygen atoms in total. The van der Waals surface area contributed by atoms with E-state index in [1.807, 2.05) is 44.2 Å². The number of aryl methyl sites for hydroxylation is 2. The van der Waals surface area contributed by atoms with Gasteiger partial charge in [-0.15, -0.1) is 0 Å². The highest BCUT2D eigenvalue weighted by atomic mass is 32.2. The Hall–Kier alpha value is -2.38. The van der Waals surface area contributed by atoms with Gasteiger partial charge in [-0.1, -0.05) is 30.3 Å². The van der Waals surface area contributed by atoms with E-state index in [1.165, 1.54) is 22.3 Å². The summed E-state index contributed by atoms with van der Waals surface area (Å²) in [6.45, 7) is 4.14.